The Morgan fingerprint density at radius 2 is 0.432 bits per heavy atom. The van der Waals surface area contributed by atoms with Crippen molar-refractivity contribution in [3.8, 4) is 11.1 Å². The van der Waals surface area contributed by atoms with E-state index in [1.54, 1.807) is 0 Å². The number of benzene rings is 12. The van der Waals surface area contributed by atoms with Crippen molar-refractivity contribution in [1.29, 1.82) is 0 Å². The molecule has 0 N–H and O–H groups in total. The molecule has 0 radical (unpaired) electrons. The fourth-order valence-corrected chi connectivity index (χ4v) is 10.4. The summed E-state index contributed by atoms with van der Waals surface area (Å²) in [6.07, 6.45) is 0. The molecule has 74 heavy (non-hydrogen) atoms. The second-order valence-corrected chi connectivity index (χ2v) is 18.7. The van der Waals surface area contributed by atoms with E-state index in [1.165, 1.54) is 32.7 Å². The Labute approximate surface area is 434 Å². The van der Waals surface area contributed by atoms with Crippen LogP contribution in [0.3, 0.4) is 0 Å². The molecule has 354 valence electrons. The molecule has 0 aliphatic heterocycles. The molecule has 4 nitrogen and oxygen atoms in total. The van der Waals surface area contributed by atoms with Gasteiger partial charge in [-0.3, -0.25) is 0 Å². The summed E-state index contributed by atoms with van der Waals surface area (Å²) in [6, 6.07) is 105. The molecular formula is C70H54N4. The molecule has 0 heterocycles. The predicted octanol–water partition coefficient (Wildman–Crippen LogP) is 20.2. The van der Waals surface area contributed by atoms with Gasteiger partial charge in [0.1, 0.15) is 0 Å². The first kappa shape index (κ1) is 45.5. The van der Waals surface area contributed by atoms with Gasteiger partial charge in [0.05, 0.1) is 11.4 Å². The quantitative estimate of drug-likeness (QED) is 0.114. The monoisotopic (exact) mass is 950 g/mol. The molecular weight excluding hydrogens is 897 g/mol. The molecule has 12 aromatic rings. The van der Waals surface area contributed by atoms with Gasteiger partial charge in [0, 0.05) is 67.6 Å². The first-order valence-corrected chi connectivity index (χ1v) is 25.3. The normalized spacial score (nSPS) is 11.1. The highest BCUT2D eigenvalue weighted by atomic mass is 15.2. The average molecular weight is 951 g/mol. The van der Waals surface area contributed by atoms with Gasteiger partial charge in [0.15, 0.2) is 0 Å². The van der Waals surface area contributed by atoms with E-state index in [1.807, 2.05) is 0 Å². The second-order valence-electron chi connectivity index (χ2n) is 18.7. The number of fused-ring (bicyclic) bond motifs is 2. The third kappa shape index (κ3) is 8.91. The van der Waals surface area contributed by atoms with Gasteiger partial charge < -0.3 is 19.6 Å². The van der Waals surface area contributed by atoms with Crippen LogP contribution < -0.4 is 19.6 Å². The van der Waals surface area contributed by atoms with Crippen molar-refractivity contribution in [3.63, 3.8) is 0 Å². The lowest BCUT2D eigenvalue weighted by molar-refractivity contribution is 1.24. The topological polar surface area (TPSA) is 13.0 Å². The highest BCUT2D eigenvalue weighted by molar-refractivity contribution is 6.00. The van der Waals surface area contributed by atoms with Crippen LogP contribution in [-0.4, -0.2) is 0 Å². The Morgan fingerprint density at radius 3 is 0.784 bits per heavy atom. The lowest BCUT2D eigenvalue weighted by Gasteiger charge is -2.30. The van der Waals surface area contributed by atoms with Crippen LogP contribution in [0.5, 0.6) is 0 Å². The summed E-state index contributed by atoms with van der Waals surface area (Å²) < 4.78 is 0. The summed E-state index contributed by atoms with van der Waals surface area (Å²) in [5.41, 5.74) is 18.0. The summed E-state index contributed by atoms with van der Waals surface area (Å²) in [5.74, 6) is 0. The first-order chi connectivity index (χ1) is 36.6. The van der Waals surface area contributed by atoms with Crippen LogP contribution in [0.25, 0.3) is 32.7 Å². The number of hydrogen-bond donors (Lipinski definition) is 0. The molecule has 0 saturated carbocycles. The van der Waals surface area contributed by atoms with E-state index in [0.29, 0.717) is 0 Å². The lowest BCUT2D eigenvalue weighted by atomic mass is 10.0. The molecule has 0 bridgehead atoms. The minimum atomic E-state index is 1.08. The number of aryl methyl sites for hydroxylation is 2. The fourth-order valence-electron chi connectivity index (χ4n) is 10.4. The van der Waals surface area contributed by atoms with Gasteiger partial charge in [-0.1, -0.05) is 170 Å². The standard InChI is InChI=1S/C70H54N4/c1-51-19-9-15-31-67(51)71(61-43-47-63(48-44-61)73(57-25-5-3-6-26-57)69-33-17-23-55-21-11-13-29-65(55)69)59-39-35-53(36-40-59)54-37-41-60(42-38-54)72(68-32-16-10-20-52(68)2)62-45-49-64(50-46-62)74(58-27-7-4-8-28-58)70-34-18-24-56-22-12-14-30-66(56)70/h3-50H,1-2H3. The van der Waals surface area contributed by atoms with Crippen LogP contribution in [-0.2, 0) is 0 Å². The summed E-state index contributed by atoms with van der Waals surface area (Å²) in [4.78, 5) is 9.44. The zero-order valence-electron chi connectivity index (χ0n) is 41.5. The Balaban J connectivity index is 0.859. The van der Waals surface area contributed by atoms with Gasteiger partial charge in [-0.05, 0) is 168 Å². The van der Waals surface area contributed by atoms with E-state index in [4.69, 9.17) is 0 Å². The molecule has 12 rings (SSSR count). The molecule has 0 aliphatic carbocycles. The van der Waals surface area contributed by atoms with E-state index >= 15 is 0 Å². The molecule has 0 saturated heterocycles. The molecule has 4 heteroatoms. The smallest absolute Gasteiger partial charge is 0.0540 e. The Hall–Kier alpha value is -9.64. The van der Waals surface area contributed by atoms with Crippen molar-refractivity contribution < 1.29 is 0 Å². The van der Waals surface area contributed by atoms with Crippen molar-refractivity contribution >= 4 is 89.8 Å². The Bertz CT molecular complexity index is 3590. The molecule has 0 fully saturated rings. The summed E-state index contributed by atoms with van der Waals surface area (Å²) in [6.45, 7) is 4.37. The van der Waals surface area contributed by atoms with Crippen LogP contribution in [0.4, 0.5) is 68.2 Å². The maximum atomic E-state index is 2.36. The zero-order valence-corrected chi connectivity index (χ0v) is 41.5. The molecule has 0 atom stereocenters. The summed E-state index contributed by atoms with van der Waals surface area (Å²) in [5, 5.41) is 4.83. The van der Waals surface area contributed by atoms with E-state index in [-0.39, 0.29) is 0 Å². The molecule has 0 spiro atoms. The van der Waals surface area contributed by atoms with Crippen LogP contribution in [0.2, 0.25) is 0 Å². The largest absolute Gasteiger partial charge is 0.310 e. The Morgan fingerprint density at radius 1 is 0.189 bits per heavy atom. The second kappa shape index (κ2) is 20.2. The molecule has 0 aliphatic rings. The van der Waals surface area contributed by atoms with Crippen LogP contribution in [0.1, 0.15) is 11.1 Å². The van der Waals surface area contributed by atoms with Gasteiger partial charge in [-0.2, -0.15) is 0 Å². The minimum Gasteiger partial charge on any atom is -0.310 e. The number of nitrogens with zero attached hydrogens (tertiary/aromatic N) is 4. The van der Waals surface area contributed by atoms with Crippen molar-refractivity contribution in [2.24, 2.45) is 0 Å². The van der Waals surface area contributed by atoms with E-state index in [9.17, 15) is 0 Å². The predicted molar refractivity (Wildman–Crippen MR) is 315 cm³/mol. The van der Waals surface area contributed by atoms with Crippen molar-refractivity contribution in [3.05, 3.63) is 302 Å². The summed E-state index contributed by atoms with van der Waals surface area (Å²) in [7, 11) is 0. The van der Waals surface area contributed by atoms with Crippen molar-refractivity contribution in [1.82, 2.24) is 0 Å². The number of para-hydroxylation sites is 4. The highest BCUT2D eigenvalue weighted by Crippen LogP contribution is 2.45. The van der Waals surface area contributed by atoms with Gasteiger partial charge in [-0.15, -0.1) is 0 Å². The number of hydrogen-bond acceptors (Lipinski definition) is 4. The van der Waals surface area contributed by atoms with Gasteiger partial charge in [0.2, 0.25) is 0 Å². The van der Waals surface area contributed by atoms with Crippen LogP contribution >= 0.6 is 0 Å². The van der Waals surface area contributed by atoms with Gasteiger partial charge in [0.25, 0.3) is 0 Å². The zero-order chi connectivity index (χ0) is 49.8. The van der Waals surface area contributed by atoms with Gasteiger partial charge in [-0.25, -0.2) is 0 Å². The van der Waals surface area contributed by atoms with E-state index < -0.39 is 0 Å². The maximum absolute atomic E-state index is 2.36. The first-order valence-electron chi connectivity index (χ1n) is 25.3. The average Bonchev–Trinajstić information content (AvgIpc) is 3.46. The van der Waals surface area contributed by atoms with E-state index in [2.05, 4.69) is 325 Å². The number of anilines is 12. The lowest BCUT2D eigenvalue weighted by Crippen LogP contribution is -2.13. The molecule has 0 unspecified atom stereocenters. The summed E-state index contributed by atoms with van der Waals surface area (Å²) >= 11 is 0. The Kier molecular flexibility index (Phi) is 12.4. The highest BCUT2D eigenvalue weighted by Gasteiger charge is 2.21. The fraction of sp³-hybridized carbons (Fsp3) is 0.0286. The third-order valence-corrected chi connectivity index (χ3v) is 14.1. The van der Waals surface area contributed by atoms with Crippen molar-refractivity contribution in [2.45, 2.75) is 13.8 Å². The molecule has 0 aromatic heterocycles. The van der Waals surface area contributed by atoms with Crippen molar-refractivity contribution in [2.75, 3.05) is 19.6 Å². The van der Waals surface area contributed by atoms with E-state index in [0.717, 1.165) is 79.4 Å². The van der Waals surface area contributed by atoms with Crippen LogP contribution in [0.15, 0.2) is 291 Å². The van der Waals surface area contributed by atoms with Gasteiger partial charge >= 0.3 is 0 Å². The molecule has 12 aromatic carbocycles. The third-order valence-electron chi connectivity index (χ3n) is 14.1. The van der Waals surface area contributed by atoms with Crippen LogP contribution in [0, 0.1) is 13.8 Å². The maximum Gasteiger partial charge on any atom is 0.0540 e. The molecule has 0 amide bonds. The SMILES string of the molecule is Cc1ccccc1N(c1ccc(-c2ccc(N(c3ccc(N(c4ccccc4)c4cccc5ccccc45)cc3)c3ccccc3C)cc2)cc1)c1ccc(N(c2ccccc2)c2cccc3ccccc23)cc1. The minimum absolute atomic E-state index is 1.08. The number of rotatable bonds is 13.